The van der Waals surface area contributed by atoms with E-state index in [9.17, 15) is 13.6 Å². The zero-order valence-electron chi connectivity index (χ0n) is 7.06. The van der Waals surface area contributed by atoms with Crippen molar-refractivity contribution in [3.63, 3.8) is 0 Å². The van der Waals surface area contributed by atoms with Gasteiger partial charge < -0.3 is 4.74 Å². The van der Waals surface area contributed by atoms with Crippen LogP contribution in [0, 0.1) is 0 Å². The van der Waals surface area contributed by atoms with Crippen LogP contribution in [-0.4, -0.2) is 17.7 Å². The number of ether oxygens (including phenoxy) is 1. The van der Waals surface area contributed by atoms with E-state index in [0.717, 1.165) is 0 Å². The summed E-state index contributed by atoms with van der Waals surface area (Å²) in [7, 11) is 0. The number of hydrogen-bond donors (Lipinski definition) is 1. The summed E-state index contributed by atoms with van der Waals surface area (Å²) < 4.78 is 28.8. The molecule has 0 aliphatic carbocycles. The van der Waals surface area contributed by atoms with E-state index in [2.05, 4.69) is 15.5 Å². The van der Waals surface area contributed by atoms with Gasteiger partial charge in [0.25, 0.3) is 0 Å². The fourth-order valence-electron chi connectivity index (χ4n) is 0.386. The summed E-state index contributed by atoms with van der Waals surface area (Å²) >= 11 is 0. The molecule has 0 saturated heterocycles. The van der Waals surface area contributed by atoms with Crippen molar-refractivity contribution in [2.24, 2.45) is 5.90 Å². The normalized spacial score (nSPS) is 12.8. The fraction of sp³-hybridized carbons (Fsp3) is 0.833. The van der Waals surface area contributed by atoms with Crippen LogP contribution in [0.2, 0.25) is 0 Å². The van der Waals surface area contributed by atoms with Gasteiger partial charge in [0.1, 0.15) is 5.60 Å². The minimum Gasteiger partial charge on any atom is -0.453 e. The van der Waals surface area contributed by atoms with Gasteiger partial charge in [0.2, 0.25) is 0 Å². The summed E-state index contributed by atoms with van der Waals surface area (Å²) in [5.41, 5.74) is -0.987. The molecular weight excluding hydrogens is 172 g/mol. The van der Waals surface area contributed by atoms with Crippen molar-refractivity contribution in [2.75, 3.05) is 0 Å². The average Bonchev–Trinajstić information content (AvgIpc) is 1.84. The summed E-state index contributed by atoms with van der Waals surface area (Å²) in [5, 5.41) is 0. The topological polar surface area (TPSA) is 61.5 Å². The monoisotopic (exact) mass is 183 g/mol. The van der Waals surface area contributed by atoms with Crippen molar-refractivity contribution < 1.29 is 23.1 Å². The Morgan fingerprint density at radius 2 is 1.75 bits per heavy atom. The molecule has 0 atom stereocenters. The van der Waals surface area contributed by atoms with Crippen molar-refractivity contribution in [1.82, 2.24) is 0 Å². The maximum atomic E-state index is 12.3. The second-order valence-electron chi connectivity index (χ2n) is 3.14. The van der Waals surface area contributed by atoms with Gasteiger partial charge >= 0.3 is 12.1 Å². The fourth-order valence-corrected chi connectivity index (χ4v) is 0.386. The van der Waals surface area contributed by atoms with Crippen LogP contribution in [0.5, 0.6) is 0 Å². The number of halogens is 2. The Labute approximate surface area is 68.6 Å². The first-order chi connectivity index (χ1) is 5.19. The highest BCUT2D eigenvalue weighted by atomic mass is 19.3. The second kappa shape index (κ2) is 3.32. The number of nitrogens with two attached hydrogens (primary N) is 1. The molecule has 0 heterocycles. The number of rotatable bonds is 2. The average molecular weight is 183 g/mol. The maximum absolute atomic E-state index is 12.3. The first-order valence-electron chi connectivity index (χ1n) is 3.18. The first-order valence-corrected chi connectivity index (χ1v) is 3.18. The maximum Gasteiger partial charge on any atom is 0.471 e. The predicted octanol–water partition coefficient (Wildman–Crippen LogP) is 0.811. The minimum absolute atomic E-state index is 0.987. The molecule has 0 aromatic heterocycles. The molecular formula is C6H11F2NO3. The lowest BCUT2D eigenvalue weighted by Crippen LogP contribution is -2.40. The van der Waals surface area contributed by atoms with Gasteiger partial charge in [-0.15, -0.1) is 0 Å². The Hall–Kier alpha value is -0.750. The number of alkyl halides is 2. The molecule has 0 rings (SSSR count). The van der Waals surface area contributed by atoms with Gasteiger partial charge in [-0.05, 0) is 20.8 Å². The van der Waals surface area contributed by atoms with Crippen LogP contribution >= 0.6 is 0 Å². The van der Waals surface area contributed by atoms with Crippen LogP contribution in [-0.2, 0) is 14.4 Å². The van der Waals surface area contributed by atoms with Crippen molar-refractivity contribution in [3.05, 3.63) is 0 Å². The van der Waals surface area contributed by atoms with Crippen LogP contribution in [0.1, 0.15) is 20.8 Å². The van der Waals surface area contributed by atoms with Gasteiger partial charge in [-0.3, -0.25) is 0 Å². The quantitative estimate of drug-likeness (QED) is 0.508. The van der Waals surface area contributed by atoms with Crippen LogP contribution in [0.25, 0.3) is 0 Å². The zero-order chi connectivity index (χ0) is 9.99. The van der Waals surface area contributed by atoms with E-state index in [-0.39, 0.29) is 0 Å². The third-order valence-corrected chi connectivity index (χ3v) is 0.785. The van der Waals surface area contributed by atoms with Gasteiger partial charge in [0.05, 0.1) is 0 Å². The second-order valence-corrected chi connectivity index (χ2v) is 3.14. The van der Waals surface area contributed by atoms with E-state index in [1.54, 1.807) is 0 Å². The van der Waals surface area contributed by atoms with Crippen LogP contribution in [0.15, 0.2) is 0 Å². The number of esters is 1. The molecule has 72 valence electrons. The molecule has 2 N–H and O–H groups in total. The Kier molecular flexibility index (Phi) is 3.11. The molecule has 0 bridgehead atoms. The highest BCUT2D eigenvalue weighted by Crippen LogP contribution is 2.19. The molecule has 0 aliphatic heterocycles. The van der Waals surface area contributed by atoms with Crippen molar-refractivity contribution in [2.45, 2.75) is 32.5 Å². The molecule has 0 radical (unpaired) electrons. The van der Waals surface area contributed by atoms with E-state index in [1.165, 1.54) is 20.8 Å². The van der Waals surface area contributed by atoms with Gasteiger partial charge in [-0.2, -0.15) is 8.78 Å². The lowest BCUT2D eigenvalue weighted by atomic mass is 10.2. The Balaban J connectivity index is 4.23. The van der Waals surface area contributed by atoms with E-state index < -0.39 is 17.7 Å². The lowest BCUT2D eigenvalue weighted by molar-refractivity contribution is -0.259. The first kappa shape index (κ1) is 11.2. The SMILES string of the molecule is CC(C)(C)OC(=O)C(F)(F)ON. The smallest absolute Gasteiger partial charge is 0.453 e. The van der Waals surface area contributed by atoms with Gasteiger partial charge in [-0.25, -0.2) is 15.5 Å². The Morgan fingerprint density at radius 1 is 1.33 bits per heavy atom. The summed E-state index contributed by atoms with van der Waals surface area (Å²) in [6.45, 7) is 4.37. The Bertz CT molecular complexity index is 176. The highest BCUT2D eigenvalue weighted by Gasteiger charge is 2.44. The molecule has 0 unspecified atom stereocenters. The zero-order valence-corrected chi connectivity index (χ0v) is 7.06. The molecule has 0 aromatic rings. The summed E-state index contributed by atoms with van der Waals surface area (Å²) in [4.78, 5) is 13.7. The van der Waals surface area contributed by atoms with E-state index >= 15 is 0 Å². The summed E-state index contributed by atoms with van der Waals surface area (Å²) in [5.74, 6) is 2.38. The van der Waals surface area contributed by atoms with Crippen LogP contribution in [0.4, 0.5) is 8.78 Å². The summed E-state index contributed by atoms with van der Waals surface area (Å²) in [6, 6.07) is 0. The lowest BCUT2D eigenvalue weighted by Gasteiger charge is -2.21. The van der Waals surface area contributed by atoms with Crippen LogP contribution in [0.3, 0.4) is 0 Å². The molecule has 12 heavy (non-hydrogen) atoms. The minimum atomic E-state index is -4.08. The van der Waals surface area contributed by atoms with E-state index in [0.29, 0.717) is 0 Å². The largest absolute Gasteiger partial charge is 0.471 e. The summed E-state index contributed by atoms with van der Waals surface area (Å²) in [6.07, 6.45) is -4.08. The van der Waals surface area contributed by atoms with Crippen molar-refractivity contribution in [3.8, 4) is 0 Å². The number of carbonyl (C=O) groups is 1. The Morgan fingerprint density at radius 3 is 2.00 bits per heavy atom. The highest BCUT2D eigenvalue weighted by molar-refractivity contribution is 5.76. The van der Waals surface area contributed by atoms with E-state index in [4.69, 9.17) is 0 Å². The third kappa shape index (κ3) is 3.59. The molecule has 0 spiro atoms. The molecule has 0 amide bonds. The molecule has 6 heteroatoms. The third-order valence-electron chi connectivity index (χ3n) is 0.785. The van der Waals surface area contributed by atoms with Crippen molar-refractivity contribution >= 4 is 5.97 Å². The number of carbonyl (C=O) groups excluding carboxylic acids is 1. The molecule has 0 aliphatic rings. The standard InChI is InChI=1S/C6H11F2NO3/c1-5(2,3)11-4(10)6(7,8)12-9/h9H2,1-3H3. The van der Waals surface area contributed by atoms with Crippen molar-refractivity contribution in [1.29, 1.82) is 0 Å². The van der Waals surface area contributed by atoms with Gasteiger partial charge in [0.15, 0.2) is 0 Å². The van der Waals surface area contributed by atoms with Gasteiger partial charge in [0, 0.05) is 0 Å². The number of hydrogen-bond acceptors (Lipinski definition) is 4. The van der Waals surface area contributed by atoms with E-state index in [1.807, 2.05) is 0 Å². The molecule has 0 aromatic carbocycles. The molecule has 4 nitrogen and oxygen atoms in total. The molecule has 0 fully saturated rings. The van der Waals surface area contributed by atoms with Crippen LogP contribution < -0.4 is 5.90 Å². The molecule has 0 saturated carbocycles. The van der Waals surface area contributed by atoms with Gasteiger partial charge in [-0.1, -0.05) is 0 Å². The predicted molar refractivity (Wildman–Crippen MR) is 36.1 cm³/mol.